The number of hydrogen-bond acceptors (Lipinski definition) is 3. The van der Waals surface area contributed by atoms with E-state index in [2.05, 4.69) is 15.8 Å². The predicted molar refractivity (Wildman–Crippen MR) is 63.5 cm³/mol. The van der Waals surface area contributed by atoms with Gasteiger partial charge >= 0.3 is 0 Å². The molecular formula is C12H17N2O2+. The maximum absolute atomic E-state index is 8.86. The topological polar surface area (TPSA) is 35.7 Å². The highest BCUT2D eigenvalue weighted by molar-refractivity contribution is 5.77. The maximum atomic E-state index is 8.86. The van der Waals surface area contributed by atoms with Gasteiger partial charge in [0, 0.05) is 0 Å². The SMILES string of the molecule is COc1ccc(N2C=[N+](CCO)CC2)cc1. The van der Waals surface area contributed by atoms with Crippen molar-refractivity contribution in [2.24, 2.45) is 0 Å². The second-order valence-corrected chi connectivity index (χ2v) is 3.77. The lowest BCUT2D eigenvalue weighted by Crippen LogP contribution is -2.17. The molecule has 4 nitrogen and oxygen atoms in total. The monoisotopic (exact) mass is 221 g/mol. The molecule has 0 fully saturated rings. The van der Waals surface area contributed by atoms with E-state index in [-0.39, 0.29) is 6.61 Å². The molecular weight excluding hydrogens is 204 g/mol. The van der Waals surface area contributed by atoms with Crippen LogP contribution in [0.25, 0.3) is 0 Å². The predicted octanol–water partition coefficient (Wildman–Crippen LogP) is 0.548. The third-order valence-electron chi connectivity index (χ3n) is 2.72. The Labute approximate surface area is 95.4 Å². The molecule has 0 amide bonds. The molecule has 0 saturated heterocycles. The average Bonchev–Trinajstić information content (AvgIpc) is 2.78. The van der Waals surface area contributed by atoms with Crippen LogP contribution >= 0.6 is 0 Å². The fraction of sp³-hybridized carbons (Fsp3) is 0.417. The van der Waals surface area contributed by atoms with Crippen molar-refractivity contribution in [3.05, 3.63) is 24.3 Å². The zero-order valence-corrected chi connectivity index (χ0v) is 9.47. The Hall–Kier alpha value is -1.55. The van der Waals surface area contributed by atoms with E-state index >= 15 is 0 Å². The second kappa shape index (κ2) is 4.99. The van der Waals surface area contributed by atoms with E-state index in [1.807, 2.05) is 24.3 Å². The Kier molecular flexibility index (Phi) is 3.41. The van der Waals surface area contributed by atoms with Crippen LogP contribution in [0.2, 0.25) is 0 Å². The number of rotatable bonds is 4. The highest BCUT2D eigenvalue weighted by Crippen LogP contribution is 2.19. The molecule has 0 atom stereocenters. The Bertz CT molecular complexity index is 373. The van der Waals surface area contributed by atoms with Gasteiger partial charge in [0.1, 0.15) is 31.1 Å². The van der Waals surface area contributed by atoms with E-state index < -0.39 is 0 Å². The Balaban J connectivity index is 2.07. The molecule has 4 heteroatoms. The van der Waals surface area contributed by atoms with Gasteiger partial charge in [-0.15, -0.1) is 0 Å². The van der Waals surface area contributed by atoms with E-state index in [9.17, 15) is 0 Å². The van der Waals surface area contributed by atoms with Crippen LogP contribution in [0, 0.1) is 0 Å². The molecule has 2 rings (SSSR count). The van der Waals surface area contributed by atoms with Gasteiger partial charge in [0.15, 0.2) is 0 Å². The van der Waals surface area contributed by atoms with Gasteiger partial charge in [0.2, 0.25) is 6.34 Å². The van der Waals surface area contributed by atoms with Gasteiger partial charge in [-0.05, 0) is 24.3 Å². The summed E-state index contributed by atoms with van der Waals surface area (Å²) in [6.45, 7) is 2.83. The van der Waals surface area contributed by atoms with Crippen LogP contribution in [0.5, 0.6) is 5.75 Å². The summed E-state index contributed by atoms with van der Waals surface area (Å²) in [4.78, 5) is 2.18. The number of benzene rings is 1. The van der Waals surface area contributed by atoms with Crippen molar-refractivity contribution in [1.29, 1.82) is 0 Å². The molecule has 1 aliphatic heterocycles. The molecule has 1 heterocycles. The number of anilines is 1. The van der Waals surface area contributed by atoms with Gasteiger partial charge in [0.05, 0.1) is 13.7 Å². The van der Waals surface area contributed by atoms with E-state index in [4.69, 9.17) is 9.84 Å². The molecule has 0 spiro atoms. The van der Waals surface area contributed by atoms with Crippen LogP contribution in [0.15, 0.2) is 24.3 Å². The fourth-order valence-corrected chi connectivity index (χ4v) is 1.82. The molecule has 16 heavy (non-hydrogen) atoms. The largest absolute Gasteiger partial charge is 0.497 e. The second-order valence-electron chi connectivity index (χ2n) is 3.77. The van der Waals surface area contributed by atoms with Crippen molar-refractivity contribution in [3.63, 3.8) is 0 Å². The average molecular weight is 221 g/mol. The summed E-state index contributed by atoms with van der Waals surface area (Å²) in [7, 11) is 1.67. The first-order valence-corrected chi connectivity index (χ1v) is 5.44. The van der Waals surface area contributed by atoms with E-state index in [0.29, 0.717) is 6.54 Å². The molecule has 0 radical (unpaired) electrons. The zero-order chi connectivity index (χ0) is 11.4. The van der Waals surface area contributed by atoms with Crippen molar-refractivity contribution in [3.8, 4) is 5.75 Å². The van der Waals surface area contributed by atoms with Crippen LogP contribution < -0.4 is 9.64 Å². The van der Waals surface area contributed by atoms with Crippen molar-refractivity contribution in [2.75, 3.05) is 38.3 Å². The van der Waals surface area contributed by atoms with Crippen molar-refractivity contribution >= 4 is 12.0 Å². The summed E-state index contributed by atoms with van der Waals surface area (Å²) in [5.41, 5.74) is 1.15. The summed E-state index contributed by atoms with van der Waals surface area (Å²) in [6, 6.07) is 7.99. The number of aliphatic hydroxyl groups excluding tert-OH is 1. The zero-order valence-electron chi connectivity index (χ0n) is 9.47. The number of β-amino-alcohol motifs (C(OH)–C–C–N with tert-alkyl or cyclic N) is 1. The van der Waals surface area contributed by atoms with Crippen LogP contribution in [0.1, 0.15) is 0 Å². The van der Waals surface area contributed by atoms with Gasteiger partial charge in [-0.2, -0.15) is 0 Å². The van der Waals surface area contributed by atoms with Gasteiger partial charge in [-0.3, -0.25) is 4.58 Å². The van der Waals surface area contributed by atoms with Crippen molar-refractivity contribution < 1.29 is 14.4 Å². The van der Waals surface area contributed by atoms with Gasteiger partial charge in [-0.25, -0.2) is 4.90 Å². The van der Waals surface area contributed by atoms with Gasteiger partial charge in [0.25, 0.3) is 0 Å². The Morgan fingerprint density at radius 3 is 2.75 bits per heavy atom. The first kappa shape index (κ1) is 11.0. The molecule has 0 bridgehead atoms. The van der Waals surface area contributed by atoms with Crippen LogP contribution in [-0.2, 0) is 0 Å². The molecule has 86 valence electrons. The standard InChI is InChI=1S/C12H17N2O2/c1-16-12-4-2-11(3-5-12)14-7-6-13(10-14)8-9-15/h2-5,10,15H,6-9H2,1H3/q+1. The lowest BCUT2D eigenvalue weighted by Gasteiger charge is -2.06. The summed E-state index contributed by atoms with van der Waals surface area (Å²) >= 11 is 0. The van der Waals surface area contributed by atoms with Crippen LogP contribution in [0.4, 0.5) is 5.69 Å². The van der Waals surface area contributed by atoms with E-state index in [1.54, 1.807) is 7.11 Å². The number of aliphatic hydroxyl groups is 1. The van der Waals surface area contributed by atoms with Crippen LogP contribution in [-0.4, -0.2) is 49.4 Å². The highest BCUT2D eigenvalue weighted by Gasteiger charge is 2.20. The van der Waals surface area contributed by atoms with Gasteiger partial charge in [-0.1, -0.05) is 0 Å². The van der Waals surface area contributed by atoms with Crippen molar-refractivity contribution in [2.45, 2.75) is 0 Å². The highest BCUT2D eigenvalue weighted by atomic mass is 16.5. The molecule has 1 aliphatic rings. The number of hydrogen-bond donors (Lipinski definition) is 1. The first-order valence-electron chi connectivity index (χ1n) is 5.44. The molecule has 0 unspecified atom stereocenters. The number of methoxy groups -OCH3 is 1. The maximum Gasteiger partial charge on any atom is 0.239 e. The summed E-state index contributed by atoms with van der Waals surface area (Å²) in [5.74, 6) is 0.871. The number of ether oxygens (including phenoxy) is 1. The fourth-order valence-electron chi connectivity index (χ4n) is 1.82. The number of nitrogens with zero attached hydrogens (tertiary/aromatic N) is 2. The first-order chi connectivity index (χ1) is 7.83. The van der Waals surface area contributed by atoms with Crippen LogP contribution in [0.3, 0.4) is 0 Å². The minimum absolute atomic E-state index is 0.201. The molecule has 0 saturated carbocycles. The molecule has 1 aromatic rings. The van der Waals surface area contributed by atoms with Crippen molar-refractivity contribution in [1.82, 2.24) is 0 Å². The lowest BCUT2D eigenvalue weighted by molar-refractivity contribution is -0.515. The minimum atomic E-state index is 0.201. The quantitative estimate of drug-likeness (QED) is 0.754. The summed E-state index contributed by atoms with van der Waals surface area (Å²) in [6.07, 6.45) is 2.05. The normalized spacial score (nSPS) is 15.1. The molecule has 0 aliphatic carbocycles. The molecule has 1 N–H and O–H groups in total. The summed E-state index contributed by atoms with van der Waals surface area (Å²) < 4.78 is 7.23. The van der Waals surface area contributed by atoms with E-state index in [1.165, 1.54) is 0 Å². The minimum Gasteiger partial charge on any atom is -0.497 e. The third kappa shape index (κ3) is 2.33. The Morgan fingerprint density at radius 2 is 2.12 bits per heavy atom. The van der Waals surface area contributed by atoms with Gasteiger partial charge < -0.3 is 9.84 Å². The third-order valence-corrected chi connectivity index (χ3v) is 2.72. The molecule has 0 aromatic heterocycles. The summed E-state index contributed by atoms with van der Waals surface area (Å²) in [5, 5.41) is 8.86. The smallest absolute Gasteiger partial charge is 0.239 e. The molecule has 1 aromatic carbocycles. The lowest BCUT2D eigenvalue weighted by atomic mass is 10.3. The van der Waals surface area contributed by atoms with E-state index in [0.717, 1.165) is 24.5 Å². The Morgan fingerprint density at radius 1 is 1.38 bits per heavy atom.